The molecule has 0 saturated heterocycles. The highest BCUT2D eigenvalue weighted by atomic mass is 32.1. The van der Waals surface area contributed by atoms with Gasteiger partial charge in [-0.2, -0.15) is 0 Å². The Hall–Kier alpha value is -1.39. The van der Waals surface area contributed by atoms with Gasteiger partial charge in [-0.3, -0.25) is 0 Å². The number of hydrogen-bond acceptors (Lipinski definition) is 4. The van der Waals surface area contributed by atoms with Crippen LogP contribution in [-0.4, -0.2) is 19.1 Å². The first-order chi connectivity index (χ1) is 8.61. The zero-order valence-corrected chi connectivity index (χ0v) is 12.1. The van der Waals surface area contributed by atoms with E-state index in [1.54, 1.807) is 11.3 Å². The van der Waals surface area contributed by atoms with Crippen LogP contribution >= 0.6 is 11.3 Å². The molecule has 0 aliphatic rings. The summed E-state index contributed by atoms with van der Waals surface area (Å²) in [6, 6.07) is 8.75. The van der Waals surface area contributed by atoms with E-state index in [4.69, 9.17) is 0 Å². The van der Waals surface area contributed by atoms with Crippen molar-refractivity contribution in [1.29, 1.82) is 0 Å². The van der Waals surface area contributed by atoms with Crippen LogP contribution in [0.5, 0.6) is 0 Å². The summed E-state index contributed by atoms with van der Waals surface area (Å²) < 4.78 is 0. The number of aromatic nitrogens is 1. The van der Waals surface area contributed by atoms with Gasteiger partial charge in [0.05, 0.1) is 5.69 Å². The number of nitrogens with zero attached hydrogens (tertiary/aromatic N) is 2. The number of anilines is 2. The van der Waals surface area contributed by atoms with Crippen LogP contribution in [-0.2, 0) is 0 Å². The number of rotatable bonds is 4. The fraction of sp³-hybridized carbons (Fsp3) is 0.357. The summed E-state index contributed by atoms with van der Waals surface area (Å²) in [7, 11) is 4.01. The maximum Gasteiger partial charge on any atom is 0.189 e. The highest BCUT2D eigenvalue weighted by molar-refractivity contribution is 7.13. The number of hydrogen-bond donors (Lipinski definition) is 1. The summed E-state index contributed by atoms with van der Waals surface area (Å²) in [6.07, 6.45) is 0. The van der Waals surface area contributed by atoms with Crippen LogP contribution in [0, 0.1) is 6.92 Å². The molecule has 0 fully saturated rings. The lowest BCUT2D eigenvalue weighted by Crippen LogP contribution is -2.14. The molecule has 0 bridgehead atoms. The van der Waals surface area contributed by atoms with Crippen molar-refractivity contribution in [2.24, 2.45) is 0 Å². The van der Waals surface area contributed by atoms with Gasteiger partial charge in [-0.1, -0.05) is 12.1 Å². The van der Waals surface area contributed by atoms with Crippen LogP contribution in [0.3, 0.4) is 0 Å². The van der Waals surface area contributed by atoms with Crippen LogP contribution in [0.25, 0.3) is 0 Å². The van der Waals surface area contributed by atoms with Crippen molar-refractivity contribution in [3.05, 3.63) is 40.9 Å². The van der Waals surface area contributed by atoms with Crippen molar-refractivity contribution in [3.63, 3.8) is 0 Å². The highest BCUT2D eigenvalue weighted by Gasteiger charge is 2.12. The van der Waals surface area contributed by atoms with Crippen molar-refractivity contribution < 1.29 is 0 Å². The predicted octanol–water partition coefficient (Wildman–Crippen LogP) is 3.50. The first-order valence-corrected chi connectivity index (χ1v) is 6.93. The molecule has 2 aromatic rings. The minimum atomic E-state index is 0.293. The summed E-state index contributed by atoms with van der Waals surface area (Å²) >= 11 is 1.68. The Morgan fingerprint density at radius 2 is 2.17 bits per heavy atom. The molecule has 0 radical (unpaired) electrons. The van der Waals surface area contributed by atoms with E-state index in [-0.39, 0.29) is 0 Å². The van der Waals surface area contributed by atoms with Gasteiger partial charge >= 0.3 is 0 Å². The maximum atomic E-state index is 4.67. The van der Waals surface area contributed by atoms with Crippen LogP contribution in [0.15, 0.2) is 29.6 Å². The highest BCUT2D eigenvalue weighted by Crippen LogP contribution is 2.29. The van der Waals surface area contributed by atoms with Crippen LogP contribution in [0.4, 0.5) is 10.8 Å². The topological polar surface area (TPSA) is 28.2 Å². The average molecular weight is 261 g/mol. The molecule has 96 valence electrons. The molecule has 0 amide bonds. The van der Waals surface area contributed by atoms with E-state index in [9.17, 15) is 0 Å². The molecular weight excluding hydrogens is 242 g/mol. The fourth-order valence-corrected chi connectivity index (χ4v) is 2.63. The van der Waals surface area contributed by atoms with Crippen LogP contribution in [0.2, 0.25) is 0 Å². The summed E-state index contributed by atoms with van der Waals surface area (Å²) in [5, 5.41) is 6.35. The van der Waals surface area contributed by atoms with Crippen molar-refractivity contribution in [3.8, 4) is 0 Å². The third-order valence-electron chi connectivity index (χ3n) is 3.06. The van der Waals surface area contributed by atoms with Crippen molar-refractivity contribution in [1.82, 2.24) is 10.3 Å². The molecule has 2 rings (SSSR count). The standard InChI is InChI=1S/C14H19N3S/c1-10-6-5-7-12(8-10)17(4)14-16-13(9-18-14)11(2)15-3/h5-9,11,15H,1-4H3. The molecule has 0 spiro atoms. The molecule has 18 heavy (non-hydrogen) atoms. The summed E-state index contributed by atoms with van der Waals surface area (Å²) in [5.74, 6) is 0. The number of thiazole rings is 1. The van der Waals surface area contributed by atoms with E-state index in [1.165, 1.54) is 11.3 Å². The van der Waals surface area contributed by atoms with E-state index >= 15 is 0 Å². The van der Waals surface area contributed by atoms with E-state index in [0.29, 0.717) is 6.04 Å². The first kappa shape index (κ1) is 13.1. The monoisotopic (exact) mass is 261 g/mol. The zero-order valence-electron chi connectivity index (χ0n) is 11.3. The van der Waals surface area contributed by atoms with Crippen LogP contribution in [0.1, 0.15) is 24.2 Å². The summed E-state index contributed by atoms with van der Waals surface area (Å²) in [5.41, 5.74) is 3.53. The quantitative estimate of drug-likeness (QED) is 0.913. The van der Waals surface area contributed by atoms with Crippen LogP contribution < -0.4 is 10.2 Å². The lowest BCUT2D eigenvalue weighted by atomic mass is 10.2. The molecule has 1 heterocycles. The molecule has 1 atom stereocenters. The molecule has 0 aliphatic carbocycles. The van der Waals surface area contributed by atoms with E-state index in [0.717, 1.165) is 10.8 Å². The van der Waals surface area contributed by atoms with Gasteiger partial charge in [-0.05, 0) is 38.6 Å². The second-order valence-corrected chi connectivity index (χ2v) is 5.30. The Balaban J connectivity index is 2.23. The molecular formula is C14H19N3S. The third-order valence-corrected chi connectivity index (χ3v) is 4.00. The molecule has 0 aliphatic heterocycles. The van der Waals surface area contributed by atoms with E-state index in [2.05, 4.69) is 65.7 Å². The Labute approximate surface area is 112 Å². The number of benzene rings is 1. The molecule has 3 nitrogen and oxygen atoms in total. The normalized spacial score (nSPS) is 12.4. The zero-order chi connectivity index (χ0) is 13.1. The fourth-order valence-electron chi connectivity index (χ4n) is 1.72. The second kappa shape index (κ2) is 5.50. The lowest BCUT2D eigenvalue weighted by molar-refractivity contribution is 0.637. The van der Waals surface area contributed by atoms with Gasteiger partial charge < -0.3 is 10.2 Å². The lowest BCUT2D eigenvalue weighted by Gasteiger charge is -2.16. The first-order valence-electron chi connectivity index (χ1n) is 6.05. The molecule has 1 unspecified atom stereocenters. The summed E-state index contributed by atoms with van der Waals surface area (Å²) in [6.45, 7) is 4.22. The van der Waals surface area contributed by atoms with Crippen molar-refractivity contribution in [2.75, 3.05) is 19.0 Å². The van der Waals surface area contributed by atoms with Gasteiger partial charge in [0.2, 0.25) is 0 Å². The van der Waals surface area contributed by atoms with Gasteiger partial charge in [-0.15, -0.1) is 11.3 Å². The minimum Gasteiger partial charge on any atom is -0.321 e. The number of aryl methyl sites for hydroxylation is 1. The Kier molecular flexibility index (Phi) is 3.99. The molecule has 1 aromatic heterocycles. The van der Waals surface area contributed by atoms with Crippen molar-refractivity contribution >= 4 is 22.2 Å². The maximum absolute atomic E-state index is 4.67. The molecule has 1 aromatic carbocycles. The van der Waals surface area contributed by atoms with Gasteiger partial charge in [0.15, 0.2) is 5.13 Å². The largest absolute Gasteiger partial charge is 0.321 e. The van der Waals surface area contributed by atoms with Gasteiger partial charge in [0.1, 0.15) is 0 Å². The van der Waals surface area contributed by atoms with Crippen molar-refractivity contribution in [2.45, 2.75) is 19.9 Å². The van der Waals surface area contributed by atoms with Gasteiger partial charge in [-0.25, -0.2) is 4.98 Å². The van der Waals surface area contributed by atoms with Gasteiger partial charge in [0, 0.05) is 24.2 Å². The SMILES string of the molecule is CNC(C)c1csc(N(C)c2cccc(C)c2)n1. The van der Waals surface area contributed by atoms with E-state index in [1.807, 2.05) is 7.05 Å². The Bertz CT molecular complexity index is 521. The Morgan fingerprint density at radius 3 is 2.83 bits per heavy atom. The third kappa shape index (κ3) is 2.71. The molecule has 4 heteroatoms. The molecule has 0 saturated carbocycles. The van der Waals surface area contributed by atoms with Gasteiger partial charge in [0.25, 0.3) is 0 Å². The predicted molar refractivity (Wildman–Crippen MR) is 78.8 cm³/mol. The smallest absolute Gasteiger partial charge is 0.189 e. The average Bonchev–Trinajstić information content (AvgIpc) is 2.86. The number of nitrogens with one attached hydrogen (secondary N) is 1. The second-order valence-electron chi connectivity index (χ2n) is 4.46. The van der Waals surface area contributed by atoms with E-state index < -0.39 is 0 Å². The Morgan fingerprint density at radius 1 is 1.39 bits per heavy atom. The molecule has 1 N–H and O–H groups in total. The minimum absolute atomic E-state index is 0.293. The summed E-state index contributed by atoms with van der Waals surface area (Å²) in [4.78, 5) is 6.80.